The summed E-state index contributed by atoms with van der Waals surface area (Å²) in [7, 11) is -3.29. The third-order valence-electron chi connectivity index (χ3n) is 2.18. The van der Waals surface area contributed by atoms with Crippen LogP contribution in [0.5, 0.6) is 0 Å². The molecule has 0 aromatic heterocycles. The molecule has 0 bridgehead atoms. The van der Waals surface area contributed by atoms with Crippen molar-refractivity contribution in [3.63, 3.8) is 0 Å². The maximum atomic E-state index is 11.8. The van der Waals surface area contributed by atoms with Gasteiger partial charge in [0.05, 0.1) is 11.4 Å². The van der Waals surface area contributed by atoms with Crippen LogP contribution in [0.25, 0.3) is 0 Å². The summed E-state index contributed by atoms with van der Waals surface area (Å²) in [5, 5.41) is 2.99. The molecule has 4 nitrogen and oxygen atoms in total. The number of aryl methyl sites for hydroxylation is 1. The van der Waals surface area contributed by atoms with Gasteiger partial charge in [-0.25, -0.2) is 8.42 Å². The first-order valence-electron chi connectivity index (χ1n) is 5.42. The van der Waals surface area contributed by atoms with E-state index in [2.05, 4.69) is 26.0 Å². The topological polar surface area (TPSA) is 58.2 Å². The fourth-order valence-electron chi connectivity index (χ4n) is 1.32. The third kappa shape index (κ3) is 5.06. The van der Waals surface area contributed by atoms with Crippen LogP contribution in [0.4, 0.5) is 5.69 Å². The van der Waals surface area contributed by atoms with Crippen molar-refractivity contribution in [1.82, 2.24) is 5.32 Å². The quantitative estimate of drug-likeness (QED) is 0.789. The van der Waals surface area contributed by atoms with Gasteiger partial charge in [0.1, 0.15) is 0 Å². The summed E-state index contributed by atoms with van der Waals surface area (Å²) in [6, 6.07) is 5.55. The molecule has 0 radical (unpaired) electrons. The summed E-state index contributed by atoms with van der Waals surface area (Å²) in [4.78, 5) is 0. The molecular weight excluding hydrogens is 304 g/mol. The van der Waals surface area contributed by atoms with Crippen LogP contribution in [-0.2, 0) is 10.0 Å². The Labute approximate surface area is 111 Å². The van der Waals surface area contributed by atoms with Crippen molar-refractivity contribution in [1.29, 1.82) is 0 Å². The van der Waals surface area contributed by atoms with Gasteiger partial charge in [0.2, 0.25) is 10.0 Å². The van der Waals surface area contributed by atoms with Crippen molar-refractivity contribution in [2.75, 3.05) is 23.6 Å². The molecule has 0 aliphatic rings. The van der Waals surface area contributed by atoms with Crippen LogP contribution in [0.15, 0.2) is 22.7 Å². The van der Waals surface area contributed by atoms with E-state index in [1.165, 1.54) is 0 Å². The molecule has 1 aromatic rings. The normalized spacial score (nSPS) is 11.5. The Bertz CT molecular complexity index is 474. The lowest BCUT2D eigenvalue weighted by Gasteiger charge is -2.10. The van der Waals surface area contributed by atoms with E-state index in [9.17, 15) is 8.42 Å². The lowest BCUT2D eigenvalue weighted by atomic mass is 10.2. The summed E-state index contributed by atoms with van der Waals surface area (Å²) < 4.78 is 26.8. The smallest absolute Gasteiger partial charge is 0.234 e. The average molecular weight is 321 g/mol. The minimum atomic E-state index is -3.29. The zero-order chi connectivity index (χ0) is 12.9. The second kappa shape index (κ2) is 6.37. The number of nitrogens with one attached hydrogen (secondary N) is 2. The van der Waals surface area contributed by atoms with Gasteiger partial charge in [-0.05, 0) is 47.1 Å². The number of hydrogen-bond donors (Lipinski definition) is 2. The van der Waals surface area contributed by atoms with Crippen molar-refractivity contribution in [3.05, 3.63) is 28.2 Å². The molecule has 17 heavy (non-hydrogen) atoms. The molecule has 0 unspecified atom stereocenters. The minimum Gasteiger partial charge on any atom is -0.316 e. The monoisotopic (exact) mass is 320 g/mol. The Morgan fingerprint density at radius 1 is 1.35 bits per heavy atom. The lowest BCUT2D eigenvalue weighted by Crippen LogP contribution is -2.26. The highest BCUT2D eigenvalue weighted by molar-refractivity contribution is 9.10. The first-order chi connectivity index (χ1) is 7.94. The lowest BCUT2D eigenvalue weighted by molar-refractivity contribution is 0.597. The van der Waals surface area contributed by atoms with Crippen LogP contribution >= 0.6 is 15.9 Å². The highest BCUT2D eigenvalue weighted by Gasteiger charge is 2.11. The van der Waals surface area contributed by atoms with E-state index in [1.807, 2.05) is 26.0 Å². The molecule has 0 aliphatic carbocycles. The molecule has 6 heteroatoms. The summed E-state index contributed by atoms with van der Waals surface area (Å²) in [5.41, 5.74) is 1.60. The van der Waals surface area contributed by atoms with E-state index in [0.29, 0.717) is 12.2 Å². The maximum absolute atomic E-state index is 11.8. The van der Waals surface area contributed by atoms with Gasteiger partial charge in [-0.1, -0.05) is 13.0 Å². The first-order valence-corrected chi connectivity index (χ1v) is 7.86. The Balaban J connectivity index is 2.72. The fraction of sp³-hybridized carbons (Fsp3) is 0.455. The van der Waals surface area contributed by atoms with E-state index < -0.39 is 10.0 Å². The average Bonchev–Trinajstić information content (AvgIpc) is 2.23. The molecule has 0 spiro atoms. The van der Waals surface area contributed by atoms with Gasteiger partial charge in [-0.3, -0.25) is 4.72 Å². The van der Waals surface area contributed by atoms with Gasteiger partial charge >= 0.3 is 0 Å². The highest BCUT2D eigenvalue weighted by Crippen LogP contribution is 2.24. The molecule has 0 saturated carbocycles. The molecule has 0 aliphatic heterocycles. The molecule has 0 atom stereocenters. The van der Waals surface area contributed by atoms with Crippen LogP contribution in [0.1, 0.15) is 12.5 Å². The standard InChI is InChI=1S/C11H17BrN2O2S/c1-3-13-6-7-17(15,16)14-11-8-9(2)4-5-10(11)12/h4-5,8,13-14H,3,6-7H2,1-2H3. The predicted octanol–water partition coefficient (Wildman–Crippen LogP) is 2.11. The van der Waals surface area contributed by atoms with Crippen LogP contribution in [0.3, 0.4) is 0 Å². The van der Waals surface area contributed by atoms with Gasteiger partial charge in [0.25, 0.3) is 0 Å². The summed E-state index contributed by atoms with van der Waals surface area (Å²) in [6.45, 7) is 5.08. The minimum absolute atomic E-state index is 0.0707. The van der Waals surface area contributed by atoms with Crippen molar-refractivity contribution in [3.8, 4) is 0 Å². The molecule has 0 amide bonds. The second-order valence-electron chi connectivity index (χ2n) is 3.76. The molecule has 96 valence electrons. The Hall–Kier alpha value is -0.590. The third-order valence-corrected chi connectivity index (χ3v) is 4.15. The largest absolute Gasteiger partial charge is 0.316 e. The molecular formula is C11H17BrN2O2S. The van der Waals surface area contributed by atoms with Crippen LogP contribution in [0.2, 0.25) is 0 Å². The maximum Gasteiger partial charge on any atom is 0.234 e. The van der Waals surface area contributed by atoms with Gasteiger partial charge in [0.15, 0.2) is 0 Å². The number of hydrogen-bond acceptors (Lipinski definition) is 3. The van der Waals surface area contributed by atoms with E-state index >= 15 is 0 Å². The number of sulfonamides is 1. The Morgan fingerprint density at radius 3 is 2.71 bits per heavy atom. The fourth-order valence-corrected chi connectivity index (χ4v) is 2.82. The van der Waals surface area contributed by atoms with Crippen molar-refractivity contribution in [2.45, 2.75) is 13.8 Å². The number of rotatable bonds is 6. The second-order valence-corrected chi connectivity index (χ2v) is 6.45. The number of anilines is 1. The van der Waals surface area contributed by atoms with E-state index in [1.54, 1.807) is 6.07 Å². The summed E-state index contributed by atoms with van der Waals surface area (Å²) in [5.74, 6) is 0.0707. The zero-order valence-electron chi connectivity index (χ0n) is 9.96. The van der Waals surface area contributed by atoms with Gasteiger partial charge in [-0.2, -0.15) is 0 Å². The van der Waals surface area contributed by atoms with Crippen LogP contribution in [0, 0.1) is 6.92 Å². The van der Waals surface area contributed by atoms with Crippen molar-refractivity contribution >= 4 is 31.6 Å². The summed E-state index contributed by atoms with van der Waals surface area (Å²) in [6.07, 6.45) is 0. The van der Waals surface area contributed by atoms with Crippen molar-refractivity contribution in [2.24, 2.45) is 0 Å². The molecule has 1 rings (SSSR count). The SMILES string of the molecule is CCNCCS(=O)(=O)Nc1cc(C)ccc1Br. The molecule has 2 N–H and O–H groups in total. The van der Waals surface area contributed by atoms with Gasteiger partial charge in [-0.15, -0.1) is 0 Å². The molecule has 0 heterocycles. The molecule has 1 aromatic carbocycles. The number of halogens is 1. The van der Waals surface area contributed by atoms with E-state index in [0.717, 1.165) is 16.6 Å². The number of benzene rings is 1. The molecule has 0 fully saturated rings. The van der Waals surface area contributed by atoms with Crippen LogP contribution < -0.4 is 10.0 Å². The Morgan fingerprint density at radius 2 is 2.06 bits per heavy atom. The Kier molecular flexibility index (Phi) is 5.42. The predicted molar refractivity (Wildman–Crippen MR) is 74.8 cm³/mol. The van der Waals surface area contributed by atoms with Crippen molar-refractivity contribution < 1.29 is 8.42 Å². The zero-order valence-corrected chi connectivity index (χ0v) is 12.4. The van der Waals surface area contributed by atoms with E-state index in [-0.39, 0.29) is 5.75 Å². The summed E-state index contributed by atoms with van der Waals surface area (Å²) >= 11 is 3.32. The first kappa shape index (κ1) is 14.5. The van der Waals surface area contributed by atoms with Gasteiger partial charge < -0.3 is 5.32 Å². The van der Waals surface area contributed by atoms with Gasteiger partial charge in [0, 0.05) is 11.0 Å². The highest BCUT2D eigenvalue weighted by atomic mass is 79.9. The van der Waals surface area contributed by atoms with E-state index in [4.69, 9.17) is 0 Å². The molecule has 0 saturated heterocycles. The van der Waals surface area contributed by atoms with Crippen LogP contribution in [-0.4, -0.2) is 27.3 Å².